The number of rotatable bonds is 3. The van der Waals surface area contributed by atoms with E-state index < -0.39 is 22.2 Å². The average Bonchev–Trinajstić information content (AvgIpc) is 2.67. The van der Waals surface area contributed by atoms with Gasteiger partial charge in [0.15, 0.2) is 0 Å². The van der Waals surface area contributed by atoms with Gasteiger partial charge in [0.25, 0.3) is 11.2 Å². The van der Waals surface area contributed by atoms with Gasteiger partial charge in [-0.15, -0.1) is 0 Å². The minimum atomic E-state index is -4.59. The zero-order chi connectivity index (χ0) is 20.5. The molecule has 140 valence electrons. The number of nitrogens with zero attached hydrogens (tertiary/aromatic N) is 2. The summed E-state index contributed by atoms with van der Waals surface area (Å²) in [6.45, 7) is 0. The van der Waals surface area contributed by atoms with E-state index in [0.717, 1.165) is 12.1 Å². The molecular formula is C19H10F3N3O3. The Hall–Kier alpha value is -3.93. The topological polar surface area (TPSA) is 99.8 Å². The van der Waals surface area contributed by atoms with E-state index in [9.17, 15) is 33.3 Å². The summed E-state index contributed by atoms with van der Waals surface area (Å²) < 4.78 is 39.0. The van der Waals surface area contributed by atoms with E-state index in [2.05, 4.69) is 4.98 Å². The second-order valence-electron chi connectivity index (χ2n) is 5.80. The minimum Gasteiger partial charge on any atom is -0.321 e. The van der Waals surface area contributed by atoms with Crippen LogP contribution in [-0.4, -0.2) is 9.91 Å². The quantitative estimate of drug-likeness (QED) is 0.530. The first kappa shape index (κ1) is 18.8. The van der Waals surface area contributed by atoms with E-state index in [-0.39, 0.29) is 33.6 Å². The monoisotopic (exact) mass is 385 g/mol. The number of pyridine rings is 1. The number of nitrogens with one attached hydrogen (secondary N) is 1. The number of hydrogen-bond acceptors (Lipinski definition) is 4. The van der Waals surface area contributed by atoms with E-state index in [1.54, 1.807) is 6.07 Å². The van der Waals surface area contributed by atoms with Gasteiger partial charge in [-0.1, -0.05) is 24.3 Å². The van der Waals surface area contributed by atoms with Gasteiger partial charge in [0.1, 0.15) is 11.6 Å². The molecule has 0 bridgehead atoms. The van der Waals surface area contributed by atoms with Crippen LogP contribution in [0.2, 0.25) is 0 Å². The summed E-state index contributed by atoms with van der Waals surface area (Å²) >= 11 is 0. The van der Waals surface area contributed by atoms with Gasteiger partial charge in [-0.2, -0.15) is 18.4 Å². The molecule has 1 N–H and O–H groups in total. The normalized spacial score (nSPS) is 11.1. The standard InChI is InChI=1S/C19H10F3N3O3/c20-19(21,22)13-5-1-3-11(7-13)15-9-17(24-18(26)16(15)10-23)12-4-2-6-14(8-12)25(27)28/h1-9H,(H,24,26). The molecule has 0 fully saturated rings. The molecule has 6 nitrogen and oxygen atoms in total. The molecule has 3 rings (SSSR count). The van der Waals surface area contributed by atoms with Crippen LogP contribution in [0.15, 0.2) is 59.4 Å². The van der Waals surface area contributed by atoms with Crippen molar-refractivity contribution in [1.29, 1.82) is 5.26 Å². The number of non-ortho nitro benzene ring substituents is 1. The van der Waals surface area contributed by atoms with Crippen LogP contribution < -0.4 is 5.56 Å². The molecule has 1 heterocycles. The second kappa shape index (κ2) is 7.00. The SMILES string of the molecule is N#Cc1c(-c2cccc(C(F)(F)F)c2)cc(-c2cccc([N+](=O)[O-])c2)[nH]c1=O. The fraction of sp³-hybridized carbons (Fsp3) is 0.0526. The maximum atomic E-state index is 13.0. The Kier molecular flexibility index (Phi) is 4.71. The summed E-state index contributed by atoms with van der Waals surface area (Å²) in [6, 6.07) is 12.7. The summed E-state index contributed by atoms with van der Waals surface area (Å²) in [5.74, 6) is 0. The van der Waals surface area contributed by atoms with Crippen LogP contribution in [0.3, 0.4) is 0 Å². The Balaban J connectivity index is 2.23. The molecule has 0 aliphatic rings. The predicted molar refractivity (Wildman–Crippen MR) is 94.3 cm³/mol. The molecule has 0 radical (unpaired) electrons. The molecule has 1 aromatic heterocycles. The van der Waals surface area contributed by atoms with Gasteiger partial charge in [-0.3, -0.25) is 14.9 Å². The highest BCUT2D eigenvalue weighted by Gasteiger charge is 2.30. The van der Waals surface area contributed by atoms with E-state index in [1.165, 1.54) is 42.5 Å². The molecule has 0 atom stereocenters. The van der Waals surface area contributed by atoms with E-state index >= 15 is 0 Å². The highest BCUT2D eigenvalue weighted by Crippen LogP contribution is 2.33. The van der Waals surface area contributed by atoms with E-state index in [1.807, 2.05) is 0 Å². The number of benzene rings is 2. The van der Waals surface area contributed by atoms with Crippen molar-refractivity contribution in [2.24, 2.45) is 0 Å². The Labute approximate surface area is 155 Å². The van der Waals surface area contributed by atoms with Crippen LogP contribution in [-0.2, 0) is 6.18 Å². The van der Waals surface area contributed by atoms with Gasteiger partial charge >= 0.3 is 6.18 Å². The highest BCUT2D eigenvalue weighted by atomic mass is 19.4. The van der Waals surface area contributed by atoms with Crippen LogP contribution in [0.5, 0.6) is 0 Å². The van der Waals surface area contributed by atoms with Crippen molar-refractivity contribution >= 4 is 5.69 Å². The van der Waals surface area contributed by atoms with E-state index in [4.69, 9.17) is 0 Å². The molecule has 0 spiro atoms. The number of nitro groups is 1. The fourth-order valence-electron chi connectivity index (χ4n) is 2.70. The van der Waals surface area contributed by atoms with Gasteiger partial charge in [-0.05, 0) is 23.8 Å². The lowest BCUT2D eigenvalue weighted by atomic mass is 9.97. The summed E-state index contributed by atoms with van der Waals surface area (Å²) in [4.78, 5) is 25.1. The second-order valence-corrected chi connectivity index (χ2v) is 5.80. The number of aromatic amines is 1. The lowest BCUT2D eigenvalue weighted by molar-refractivity contribution is -0.384. The molecule has 0 aliphatic heterocycles. The van der Waals surface area contributed by atoms with Crippen LogP contribution >= 0.6 is 0 Å². The molecule has 0 saturated carbocycles. The number of aromatic nitrogens is 1. The van der Waals surface area contributed by atoms with Gasteiger partial charge in [0.05, 0.1) is 10.5 Å². The maximum absolute atomic E-state index is 13.0. The predicted octanol–water partition coefficient (Wildman–Crippen LogP) is 4.51. The third kappa shape index (κ3) is 3.61. The van der Waals surface area contributed by atoms with Crippen molar-refractivity contribution in [1.82, 2.24) is 4.98 Å². The number of H-pyrrole nitrogens is 1. The van der Waals surface area contributed by atoms with Crippen molar-refractivity contribution in [3.05, 3.63) is 86.2 Å². The zero-order valence-electron chi connectivity index (χ0n) is 13.9. The molecule has 0 unspecified atom stereocenters. The van der Waals surface area contributed by atoms with Crippen molar-refractivity contribution in [2.45, 2.75) is 6.18 Å². The molecule has 0 aliphatic carbocycles. The zero-order valence-corrected chi connectivity index (χ0v) is 13.9. The highest BCUT2D eigenvalue weighted by molar-refractivity contribution is 5.76. The summed E-state index contributed by atoms with van der Waals surface area (Å²) in [7, 11) is 0. The van der Waals surface area contributed by atoms with Gasteiger partial charge in [0.2, 0.25) is 0 Å². The number of nitro benzene ring substituents is 1. The number of halogens is 3. The van der Waals surface area contributed by atoms with Crippen LogP contribution in [0.4, 0.5) is 18.9 Å². The van der Waals surface area contributed by atoms with Crippen molar-refractivity contribution in [3.8, 4) is 28.5 Å². The molecular weight excluding hydrogens is 375 g/mol. The maximum Gasteiger partial charge on any atom is 0.416 e. The van der Waals surface area contributed by atoms with E-state index in [0.29, 0.717) is 0 Å². The first-order valence-corrected chi connectivity index (χ1v) is 7.80. The third-order valence-corrected chi connectivity index (χ3v) is 4.01. The van der Waals surface area contributed by atoms with Crippen LogP contribution in [0.1, 0.15) is 11.1 Å². The van der Waals surface area contributed by atoms with Crippen LogP contribution in [0.25, 0.3) is 22.4 Å². The smallest absolute Gasteiger partial charge is 0.321 e. The number of hydrogen-bond donors (Lipinski definition) is 1. The third-order valence-electron chi connectivity index (χ3n) is 4.01. The molecule has 0 amide bonds. The van der Waals surface area contributed by atoms with Gasteiger partial charge < -0.3 is 4.98 Å². The van der Waals surface area contributed by atoms with Crippen molar-refractivity contribution < 1.29 is 18.1 Å². The molecule has 2 aromatic carbocycles. The largest absolute Gasteiger partial charge is 0.416 e. The number of nitriles is 1. The average molecular weight is 385 g/mol. The molecule has 0 saturated heterocycles. The van der Waals surface area contributed by atoms with Gasteiger partial charge in [0, 0.05) is 29.0 Å². The first-order chi connectivity index (χ1) is 13.2. The first-order valence-electron chi connectivity index (χ1n) is 7.80. The van der Waals surface area contributed by atoms with Gasteiger partial charge in [-0.25, -0.2) is 0 Å². The number of alkyl halides is 3. The molecule has 9 heteroatoms. The molecule has 28 heavy (non-hydrogen) atoms. The lowest BCUT2D eigenvalue weighted by Gasteiger charge is -2.11. The van der Waals surface area contributed by atoms with Crippen molar-refractivity contribution in [2.75, 3.05) is 0 Å². The summed E-state index contributed by atoms with van der Waals surface area (Å²) in [5.41, 5.74) is -1.85. The minimum absolute atomic E-state index is 0.00106. The lowest BCUT2D eigenvalue weighted by Crippen LogP contribution is -2.13. The Morgan fingerprint density at radius 1 is 1.04 bits per heavy atom. The summed E-state index contributed by atoms with van der Waals surface area (Å²) in [6.07, 6.45) is -4.59. The van der Waals surface area contributed by atoms with Crippen LogP contribution in [0, 0.1) is 21.4 Å². The summed E-state index contributed by atoms with van der Waals surface area (Å²) in [5, 5.41) is 20.2. The Morgan fingerprint density at radius 2 is 1.71 bits per heavy atom. The Bertz CT molecular complexity index is 1180. The Morgan fingerprint density at radius 3 is 2.36 bits per heavy atom. The van der Waals surface area contributed by atoms with Crippen molar-refractivity contribution in [3.63, 3.8) is 0 Å². The fourth-order valence-corrected chi connectivity index (χ4v) is 2.70. The molecule has 3 aromatic rings.